The molecule has 1 aromatic heterocycles. The summed E-state index contributed by atoms with van der Waals surface area (Å²) in [5.74, 6) is 1.07. The minimum absolute atomic E-state index is 0.319. The lowest BCUT2D eigenvalue weighted by Gasteiger charge is -2.35. The Kier molecular flexibility index (Phi) is 4.41. The zero-order chi connectivity index (χ0) is 13.9. The highest BCUT2D eigenvalue weighted by Gasteiger charge is 2.30. The second-order valence-corrected chi connectivity index (χ2v) is 6.96. The normalized spacial score (nSPS) is 25.8. The molecule has 0 aliphatic carbocycles. The Balaban J connectivity index is 1.62. The van der Waals surface area contributed by atoms with Crippen LogP contribution in [0.1, 0.15) is 49.1 Å². The van der Waals surface area contributed by atoms with Gasteiger partial charge in [0.2, 0.25) is 5.91 Å². The molecular weight excluding hydrogens is 268 g/mol. The Bertz CT molecular complexity index is 465. The van der Waals surface area contributed by atoms with E-state index in [0.717, 1.165) is 45.3 Å². The van der Waals surface area contributed by atoms with Crippen molar-refractivity contribution in [3.8, 4) is 0 Å². The number of nitrogens with one attached hydrogen (secondary N) is 1. The highest BCUT2D eigenvalue weighted by Crippen LogP contribution is 2.35. The summed E-state index contributed by atoms with van der Waals surface area (Å²) in [5.41, 5.74) is 1.40. The van der Waals surface area contributed by atoms with Crippen LogP contribution in [-0.2, 0) is 11.2 Å². The van der Waals surface area contributed by atoms with Crippen LogP contribution < -0.4 is 5.32 Å². The molecule has 1 fully saturated rings. The lowest BCUT2D eigenvalue weighted by molar-refractivity contribution is -0.134. The maximum Gasteiger partial charge on any atom is 0.223 e. The second kappa shape index (κ2) is 6.27. The molecule has 0 aromatic carbocycles. The summed E-state index contributed by atoms with van der Waals surface area (Å²) in [6.07, 6.45) is 5.08. The summed E-state index contributed by atoms with van der Waals surface area (Å²) in [7, 11) is 0. The fraction of sp³-hybridized carbons (Fsp3) is 0.688. The second-order valence-electron chi connectivity index (χ2n) is 5.96. The third-order valence-electron chi connectivity index (χ3n) is 4.73. The first kappa shape index (κ1) is 14.1. The molecule has 3 nitrogen and oxygen atoms in total. The largest absolute Gasteiger partial charge is 0.335 e. The number of carbonyl (C=O) groups is 1. The van der Waals surface area contributed by atoms with Gasteiger partial charge in [0.1, 0.15) is 0 Å². The molecule has 4 heteroatoms. The van der Waals surface area contributed by atoms with Crippen LogP contribution in [-0.4, -0.2) is 30.4 Å². The molecule has 110 valence electrons. The summed E-state index contributed by atoms with van der Waals surface area (Å²) in [6, 6.07) is 2.54. The maximum absolute atomic E-state index is 12.6. The van der Waals surface area contributed by atoms with E-state index in [-0.39, 0.29) is 0 Å². The molecule has 1 aromatic rings. The van der Waals surface area contributed by atoms with Gasteiger partial charge >= 0.3 is 0 Å². The smallest absolute Gasteiger partial charge is 0.223 e. The van der Waals surface area contributed by atoms with E-state index in [1.165, 1.54) is 16.9 Å². The molecule has 3 heterocycles. The summed E-state index contributed by atoms with van der Waals surface area (Å²) in [4.78, 5) is 16.2. The van der Waals surface area contributed by atoms with E-state index in [9.17, 15) is 4.79 Å². The van der Waals surface area contributed by atoms with Crippen molar-refractivity contribution in [1.29, 1.82) is 0 Å². The summed E-state index contributed by atoms with van der Waals surface area (Å²) < 4.78 is 0. The molecular formula is C16H24N2OS. The summed E-state index contributed by atoms with van der Waals surface area (Å²) in [6.45, 7) is 5.32. The number of hydrogen-bond acceptors (Lipinski definition) is 3. The molecule has 2 atom stereocenters. The van der Waals surface area contributed by atoms with Crippen LogP contribution in [0.25, 0.3) is 0 Å². The van der Waals surface area contributed by atoms with Crippen LogP contribution in [0.3, 0.4) is 0 Å². The molecule has 0 saturated carbocycles. The fourth-order valence-electron chi connectivity index (χ4n) is 3.57. The minimum atomic E-state index is 0.319. The molecule has 1 saturated heterocycles. The SMILES string of the molecule is CCC1c2ccsc2CCN1C(=O)CCC1CCNC1. The first-order valence-electron chi connectivity index (χ1n) is 7.86. The standard InChI is InChI=1S/C16H24N2OS/c1-2-14-13-7-10-20-15(13)6-9-18(14)16(19)4-3-12-5-8-17-11-12/h7,10,12,14,17H,2-6,8-9,11H2,1H3. The Morgan fingerprint density at radius 1 is 1.55 bits per heavy atom. The van der Waals surface area contributed by atoms with E-state index in [1.807, 2.05) is 11.3 Å². The van der Waals surface area contributed by atoms with Gasteiger partial charge in [-0.2, -0.15) is 0 Å². The van der Waals surface area contributed by atoms with Crippen molar-refractivity contribution in [1.82, 2.24) is 10.2 Å². The van der Waals surface area contributed by atoms with Crippen LogP contribution >= 0.6 is 11.3 Å². The molecule has 1 N–H and O–H groups in total. The first-order valence-corrected chi connectivity index (χ1v) is 8.74. The van der Waals surface area contributed by atoms with E-state index in [4.69, 9.17) is 0 Å². The third kappa shape index (κ3) is 2.77. The van der Waals surface area contributed by atoms with E-state index in [2.05, 4.69) is 28.6 Å². The van der Waals surface area contributed by atoms with E-state index in [0.29, 0.717) is 17.9 Å². The van der Waals surface area contributed by atoms with Gasteiger partial charge in [-0.15, -0.1) is 11.3 Å². The van der Waals surface area contributed by atoms with Gasteiger partial charge in [-0.1, -0.05) is 6.92 Å². The van der Waals surface area contributed by atoms with Gasteiger partial charge in [0, 0.05) is 17.8 Å². The van der Waals surface area contributed by atoms with Gasteiger partial charge in [-0.05, 0) is 61.7 Å². The third-order valence-corrected chi connectivity index (χ3v) is 5.73. The monoisotopic (exact) mass is 292 g/mol. The van der Waals surface area contributed by atoms with Crippen LogP contribution in [0.4, 0.5) is 0 Å². The number of rotatable bonds is 4. The summed E-state index contributed by atoms with van der Waals surface area (Å²) >= 11 is 1.85. The lowest BCUT2D eigenvalue weighted by atomic mass is 9.96. The quantitative estimate of drug-likeness (QED) is 0.925. The Morgan fingerprint density at radius 3 is 3.20 bits per heavy atom. The molecule has 1 amide bonds. The number of nitrogens with zero attached hydrogens (tertiary/aromatic N) is 1. The van der Waals surface area contributed by atoms with Crippen LogP contribution in [0.5, 0.6) is 0 Å². The first-order chi connectivity index (χ1) is 9.79. The number of carbonyl (C=O) groups excluding carboxylic acids is 1. The van der Waals surface area contributed by atoms with Gasteiger partial charge in [-0.25, -0.2) is 0 Å². The van der Waals surface area contributed by atoms with Crippen molar-refractivity contribution in [3.05, 3.63) is 21.9 Å². The summed E-state index contributed by atoms with van der Waals surface area (Å²) in [5, 5.41) is 5.55. The van der Waals surface area contributed by atoms with Gasteiger partial charge in [0.05, 0.1) is 6.04 Å². The number of fused-ring (bicyclic) bond motifs is 1. The number of amides is 1. The van der Waals surface area contributed by atoms with E-state index in [1.54, 1.807) is 0 Å². The van der Waals surface area contributed by atoms with E-state index >= 15 is 0 Å². The molecule has 3 rings (SSSR count). The van der Waals surface area contributed by atoms with Crippen molar-refractivity contribution in [2.45, 2.75) is 45.1 Å². The highest BCUT2D eigenvalue weighted by molar-refractivity contribution is 7.10. The zero-order valence-corrected chi connectivity index (χ0v) is 13.0. The average Bonchev–Trinajstić information content (AvgIpc) is 3.14. The van der Waals surface area contributed by atoms with Gasteiger partial charge < -0.3 is 10.2 Å². The number of hydrogen-bond donors (Lipinski definition) is 1. The highest BCUT2D eigenvalue weighted by atomic mass is 32.1. The van der Waals surface area contributed by atoms with E-state index < -0.39 is 0 Å². The Hall–Kier alpha value is -0.870. The molecule has 0 bridgehead atoms. The molecule has 0 radical (unpaired) electrons. The van der Waals surface area contributed by atoms with Crippen LogP contribution in [0, 0.1) is 5.92 Å². The van der Waals surface area contributed by atoms with Gasteiger partial charge in [-0.3, -0.25) is 4.79 Å². The van der Waals surface area contributed by atoms with Crippen molar-refractivity contribution in [2.75, 3.05) is 19.6 Å². The van der Waals surface area contributed by atoms with Crippen LogP contribution in [0.2, 0.25) is 0 Å². The fourth-order valence-corrected chi connectivity index (χ4v) is 4.50. The molecule has 20 heavy (non-hydrogen) atoms. The predicted octanol–water partition coefficient (Wildman–Crippen LogP) is 2.97. The minimum Gasteiger partial charge on any atom is -0.335 e. The topological polar surface area (TPSA) is 32.3 Å². The Labute approximate surface area is 125 Å². The maximum atomic E-state index is 12.6. The number of thiophene rings is 1. The zero-order valence-electron chi connectivity index (χ0n) is 12.2. The van der Waals surface area contributed by atoms with Crippen molar-refractivity contribution < 1.29 is 4.79 Å². The van der Waals surface area contributed by atoms with Crippen molar-refractivity contribution >= 4 is 17.2 Å². The van der Waals surface area contributed by atoms with Crippen LogP contribution in [0.15, 0.2) is 11.4 Å². The molecule has 0 spiro atoms. The van der Waals surface area contributed by atoms with Crippen molar-refractivity contribution in [3.63, 3.8) is 0 Å². The van der Waals surface area contributed by atoms with Crippen molar-refractivity contribution in [2.24, 2.45) is 5.92 Å². The van der Waals surface area contributed by atoms with Gasteiger partial charge in [0.15, 0.2) is 0 Å². The average molecular weight is 292 g/mol. The lowest BCUT2D eigenvalue weighted by Crippen LogP contribution is -2.39. The predicted molar refractivity (Wildman–Crippen MR) is 83.0 cm³/mol. The molecule has 2 aliphatic rings. The molecule has 2 unspecified atom stereocenters. The van der Waals surface area contributed by atoms with Gasteiger partial charge in [0.25, 0.3) is 0 Å². The Morgan fingerprint density at radius 2 is 2.45 bits per heavy atom. The molecule has 2 aliphatic heterocycles.